The van der Waals surface area contributed by atoms with Crippen molar-refractivity contribution in [1.29, 1.82) is 0 Å². The maximum atomic E-state index is 12.9. The van der Waals surface area contributed by atoms with Gasteiger partial charge < -0.3 is 14.8 Å². The molecule has 0 aromatic heterocycles. The van der Waals surface area contributed by atoms with Crippen molar-refractivity contribution in [1.82, 2.24) is 4.90 Å². The van der Waals surface area contributed by atoms with Gasteiger partial charge in [0.2, 0.25) is 5.91 Å². The number of anilines is 1. The molecule has 1 aromatic carbocycles. The van der Waals surface area contributed by atoms with Gasteiger partial charge in [-0.25, -0.2) is 0 Å². The molecule has 0 radical (unpaired) electrons. The van der Waals surface area contributed by atoms with Crippen molar-refractivity contribution in [2.24, 2.45) is 5.41 Å². The van der Waals surface area contributed by atoms with Crippen LogP contribution in [0.1, 0.15) is 33.6 Å². The largest absolute Gasteiger partial charge is 0.493 e. The van der Waals surface area contributed by atoms with Crippen LogP contribution in [0, 0.1) is 5.41 Å². The van der Waals surface area contributed by atoms with Crippen molar-refractivity contribution in [2.75, 3.05) is 32.6 Å². The average Bonchev–Trinajstić information content (AvgIpc) is 2.54. The molecule has 1 N–H and O–H groups in total. The van der Waals surface area contributed by atoms with E-state index in [-0.39, 0.29) is 5.91 Å². The van der Waals surface area contributed by atoms with Gasteiger partial charge in [0, 0.05) is 12.6 Å². The maximum Gasteiger partial charge on any atom is 0.231 e. The van der Waals surface area contributed by atoms with E-state index in [0.29, 0.717) is 23.2 Å². The topological polar surface area (TPSA) is 50.8 Å². The number of piperidine rings is 1. The number of carbonyl (C=O) groups excluding carboxylic acids is 1. The predicted molar refractivity (Wildman–Crippen MR) is 92.2 cm³/mol. The number of benzene rings is 1. The van der Waals surface area contributed by atoms with Crippen LogP contribution in [0.3, 0.4) is 0 Å². The Balaban J connectivity index is 2.18. The highest BCUT2D eigenvalue weighted by Gasteiger charge is 2.38. The SMILES string of the molecule is COc1cccc(NC(=O)C2(C)CCCN(C(C)C)C2)c1OC. The normalized spacial score (nSPS) is 22.0. The molecule has 2 rings (SSSR count). The highest BCUT2D eigenvalue weighted by Crippen LogP contribution is 2.37. The molecule has 1 aliphatic rings. The summed E-state index contributed by atoms with van der Waals surface area (Å²) in [6.07, 6.45) is 1.94. The number of hydrogen-bond donors (Lipinski definition) is 1. The van der Waals surface area contributed by atoms with Gasteiger partial charge in [-0.05, 0) is 52.3 Å². The van der Waals surface area contributed by atoms with E-state index >= 15 is 0 Å². The van der Waals surface area contributed by atoms with E-state index in [1.807, 2.05) is 25.1 Å². The van der Waals surface area contributed by atoms with E-state index in [4.69, 9.17) is 9.47 Å². The fraction of sp³-hybridized carbons (Fsp3) is 0.611. The van der Waals surface area contributed by atoms with Crippen LogP contribution in [-0.4, -0.2) is 44.2 Å². The summed E-state index contributed by atoms with van der Waals surface area (Å²) < 4.78 is 10.7. The summed E-state index contributed by atoms with van der Waals surface area (Å²) in [5, 5.41) is 3.04. The number of rotatable bonds is 5. The fourth-order valence-electron chi connectivity index (χ4n) is 3.16. The van der Waals surface area contributed by atoms with Gasteiger partial charge >= 0.3 is 0 Å². The monoisotopic (exact) mass is 320 g/mol. The summed E-state index contributed by atoms with van der Waals surface area (Å²) in [5.41, 5.74) is 0.260. The van der Waals surface area contributed by atoms with Crippen LogP contribution < -0.4 is 14.8 Å². The predicted octanol–water partition coefficient (Wildman–Crippen LogP) is 3.15. The molecule has 1 amide bonds. The Morgan fingerprint density at radius 3 is 2.65 bits per heavy atom. The number of carbonyl (C=O) groups is 1. The summed E-state index contributed by atoms with van der Waals surface area (Å²) >= 11 is 0. The molecular formula is C18H28N2O3. The van der Waals surface area contributed by atoms with Gasteiger partial charge in [-0.1, -0.05) is 6.07 Å². The Labute approximate surface area is 139 Å². The lowest BCUT2D eigenvalue weighted by Gasteiger charge is -2.41. The van der Waals surface area contributed by atoms with Gasteiger partial charge in [0.1, 0.15) is 0 Å². The number of hydrogen-bond acceptors (Lipinski definition) is 4. The number of ether oxygens (including phenoxy) is 2. The molecule has 1 saturated heterocycles. The Morgan fingerprint density at radius 2 is 2.04 bits per heavy atom. The van der Waals surface area contributed by atoms with Gasteiger partial charge in [-0.2, -0.15) is 0 Å². The van der Waals surface area contributed by atoms with Gasteiger partial charge in [0.15, 0.2) is 11.5 Å². The molecule has 1 fully saturated rings. The average molecular weight is 320 g/mol. The maximum absolute atomic E-state index is 12.9. The third-order valence-electron chi connectivity index (χ3n) is 4.66. The molecule has 0 aliphatic carbocycles. The standard InChI is InChI=1S/C18H28N2O3/c1-13(2)20-11-7-10-18(3,12-20)17(21)19-14-8-6-9-15(22-4)16(14)23-5/h6,8-9,13H,7,10-12H2,1-5H3,(H,19,21). The quantitative estimate of drug-likeness (QED) is 0.905. The second-order valence-electron chi connectivity index (χ2n) is 6.72. The van der Waals surface area contributed by atoms with E-state index in [1.54, 1.807) is 14.2 Å². The summed E-state index contributed by atoms with van der Waals surface area (Å²) in [6.45, 7) is 8.23. The van der Waals surface area contributed by atoms with Gasteiger partial charge in [-0.15, -0.1) is 0 Å². The zero-order valence-electron chi connectivity index (χ0n) is 14.8. The first-order valence-electron chi connectivity index (χ1n) is 8.18. The zero-order chi connectivity index (χ0) is 17.0. The van der Waals surface area contributed by atoms with Crippen molar-refractivity contribution in [3.63, 3.8) is 0 Å². The number of likely N-dealkylation sites (tertiary alicyclic amines) is 1. The number of para-hydroxylation sites is 1. The lowest BCUT2D eigenvalue weighted by atomic mass is 9.80. The Hall–Kier alpha value is -1.75. The molecule has 5 nitrogen and oxygen atoms in total. The minimum absolute atomic E-state index is 0.0365. The zero-order valence-corrected chi connectivity index (χ0v) is 14.8. The van der Waals surface area contributed by atoms with Crippen molar-refractivity contribution in [3.05, 3.63) is 18.2 Å². The van der Waals surface area contributed by atoms with Crippen molar-refractivity contribution in [3.8, 4) is 11.5 Å². The molecule has 0 saturated carbocycles. The third kappa shape index (κ3) is 3.78. The van der Waals surface area contributed by atoms with Crippen LogP contribution in [0.5, 0.6) is 11.5 Å². The number of methoxy groups -OCH3 is 2. The van der Waals surface area contributed by atoms with Crippen LogP contribution in [0.4, 0.5) is 5.69 Å². The van der Waals surface area contributed by atoms with E-state index in [1.165, 1.54) is 0 Å². The molecule has 0 spiro atoms. The Morgan fingerprint density at radius 1 is 1.30 bits per heavy atom. The number of nitrogens with zero attached hydrogens (tertiary/aromatic N) is 1. The van der Waals surface area contributed by atoms with E-state index in [0.717, 1.165) is 25.9 Å². The van der Waals surface area contributed by atoms with Crippen LogP contribution in [0.15, 0.2) is 18.2 Å². The molecule has 1 aliphatic heterocycles. The first-order valence-corrected chi connectivity index (χ1v) is 8.18. The summed E-state index contributed by atoms with van der Waals surface area (Å²) in [5.74, 6) is 1.21. The first kappa shape index (κ1) is 17.6. The van der Waals surface area contributed by atoms with Gasteiger partial charge in [0.05, 0.1) is 25.3 Å². The molecule has 0 bridgehead atoms. The van der Waals surface area contributed by atoms with Crippen molar-refractivity contribution in [2.45, 2.75) is 39.7 Å². The highest BCUT2D eigenvalue weighted by atomic mass is 16.5. The van der Waals surface area contributed by atoms with Crippen LogP contribution in [-0.2, 0) is 4.79 Å². The second-order valence-corrected chi connectivity index (χ2v) is 6.72. The van der Waals surface area contributed by atoms with Crippen LogP contribution >= 0.6 is 0 Å². The smallest absolute Gasteiger partial charge is 0.231 e. The minimum atomic E-state index is -0.392. The molecule has 1 aromatic rings. The lowest BCUT2D eigenvalue weighted by Crippen LogP contribution is -2.50. The van der Waals surface area contributed by atoms with Gasteiger partial charge in [-0.3, -0.25) is 9.69 Å². The number of nitrogens with one attached hydrogen (secondary N) is 1. The van der Waals surface area contributed by atoms with Gasteiger partial charge in [0.25, 0.3) is 0 Å². The molecule has 1 unspecified atom stereocenters. The van der Waals surface area contributed by atoms with Crippen molar-refractivity contribution < 1.29 is 14.3 Å². The summed E-state index contributed by atoms with van der Waals surface area (Å²) in [6, 6.07) is 5.96. The Kier molecular flexibility index (Phi) is 5.52. The molecule has 1 atom stereocenters. The molecular weight excluding hydrogens is 292 g/mol. The molecule has 1 heterocycles. The Bertz CT molecular complexity index is 559. The fourth-order valence-corrected chi connectivity index (χ4v) is 3.16. The minimum Gasteiger partial charge on any atom is -0.493 e. The van der Waals surface area contributed by atoms with Crippen LogP contribution in [0.25, 0.3) is 0 Å². The second kappa shape index (κ2) is 7.21. The summed E-state index contributed by atoms with van der Waals surface area (Å²) in [4.78, 5) is 15.3. The molecule has 23 heavy (non-hydrogen) atoms. The van der Waals surface area contributed by atoms with E-state index in [9.17, 15) is 4.79 Å². The summed E-state index contributed by atoms with van der Waals surface area (Å²) in [7, 11) is 3.17. The molecule has 5 heteroatoms. The lowest BCUT2D eigenvalue weighted by molar-refractivity contribution is -0.128. The number of amides is 1. The molecule has 128 valence electrons. The van der Waals surface area contributed by atoms with Crippen LogP contribution in [0.2, 0.25) is 0 Å². The highest BCUT2D eigenvalue weighted by molar-refractivity contribution is 5.97. The van der Waals surface area contributed by atoms with E-state index < -0.39 is 5.41 Å². The third-order valence-corrected chi connectivity index (χ3v) is 4.66. The van der Waals surface area contributed by atoms with Crippen molar-refractivity contribution >= 4 is 11.6 Å². The first-order chi connectivity index (χ1) is 10.9. The van der Waals surface area contributed by atoms with E-state index in [2.05, 4.69) is 24.1 Å².